The summed E-state index contributed by atoms with van der Waals surface area (Å²) in [5, 5.41) is 0. The van der Waals surface area contributed by atoms with Crippen LogP contribution in [0.15, 0.2) is 171 Å². The van der Waals surface area contributed by atoms with Crippen LogP contribution in [0.25, 0.3) is 0 Å². The van der Waals surface area contributed by atoms with Crippen LogP contribution in [0, 0.1) is 0 Å². The molecule has 0 spiro atoms. The molecule has 0 bridgehead atoms. The lowest BCUT2D eigenvalue weighted by Gasteiger charge is -2.16. The molecule has 0 aromatic heterocycles. The molecule has 0 N–H and O–H groups in total. The molecule has 25 nitrogen and oxygen atoms in total. The number of esters is 12. The predicted molar refractivity (Wildman–Crippen MR) is 514 cm³/mol. The smallest absolute Gasteiger partial charge is 0.348 e. The third kappa shape index (κ3) is 37.6. The topological polar surface area (TPSA) is 333 Å². The largest absolute Gasteiger partial charge is 0.457 e. The molecule has 0 fully saturated rings. The maximum atomic E-state index is 13.6. The SMILES string of the molecule is C=CC(=O)OC(CCC)C1=C(Br)/C(=C(\C)Br)OC1=O.C=CC(=O)OC(CCC)C1=C/C(=C(\C)Br)OC1=O.CCCC(=O)C1=C(Br)/C(=C(\C)Br)OC1=O.CCCC(=O)OC(CCC)C1=C(Br)/C(=C(\C)Br)OC1=O.CCCC(=O)OC(CCC)C1=C/C(=C(\C)Br)OC1=O.CCCC(F)C1=C(Br)/C(=C(\C)Br)OC1=O.CCCC(OC(=O)CC)C1=C(Br)/C(=C(\C)Br)OC1=O. The van der Waals surface area contributed by atoms with Gasteiger partial charge in [0.15, 0.2) is 34.6 Å². The van der Waals surface area contributed by atoms with E-state index < -0.39 is 90.4 Å². The first-order valence-corrected chi connectivity index (χ1v) is 49.2. The van der Waals surface area contributed by atoms with Gasteiger partial charge in [-0.1, -0.05) is 232 Å². The van der Waals surface area contributed by atoms with E-state index in [0.717, 1.165) is 59.6 Å². The third-order valence-corrected chi connectivity index (χ3v) is 23.3. The second-order valence-electron chi connectivity index (χ2n) is 27.1. The number of hydrogen-bond donors (Lipinski definition) is 0. The third-order valence-electron chi connectivity index (χ3n) is 16.8. The highest BCUT2D eigenvalue weighted by Crippen LogP contribution is 2.43. The van der Waals surface area contributed by atoms with Gasteiger partial charge in [0.2, 0.25) is 0 Å². The first-order valence-electron chi connectivity index (χ1n) is 39.7. The first-order chi connectivity index (χ1) is 58.7. The molecule has 7 rings (SSSR count). The summed E-state index contributed by atoms with van der Waals surface area (Å²) in [5.74, 6) is -2.72. The molecule has 0 aromatic rings. The van der Waals surface area contributed by atoms with Crippen LogP contribution in [-0.2, 0) is 119 Å². The van der Waals surface area contributed by atoms with Crippen LogP contribution in [0.1, 0.15) is 240 Å². The van der Waals surface area contributed by atoms with Crippen molar-refractivity contribution in [2.75, 3.05) is 0 Å². The van der Waals surface area contributed by atoms with E-state index in [0.29, 0.717) is 190 Å². The maximum Gasteiger partial charge on any atom is 0.348 e. The van der Waals surface area contributed by atoms with Gasteiger partial charge in [-0.2, -0.15) is 0 Å². The number of ketones is 1. The Morgan fingerprint density at radius 2 is 0.600 bits per heavy atom. The number of carbonyl (C=O) groups is 13. The molecule has 6 unspecified atom stereocenters. The molecule has 0 aromatic carbocycles. The molecule has 38 heteroatoms. The van der Waals surface area contributed by atoms with E-state index in [1.807, 2.05) is 62.3 Å². The van der Waals surface area contributed by atoms with Gasteiger partial charge in [0.25, 0.3) is 0 Å². The normalized spacial score (nSPS) is 19.4. The summed E-state index contributed by atoms with van der Waals surface area (Å²) in [6.45, 7) is 38.1. The van der Waals surface area contributed by atoms with E-state index in [1.54, 1.807) is 67.5 Å². The highest BCUT2D eigenvalue weighted by molar-refractivity contribution is 9.14. The molecular weight excluding hydrogens is 2420 g/mol. The molecule has 7 heterocycles. The standard InChI is InChI=1S/C14H18Br2O4.C14H19BrO4.C13H16Br2O4.C13H14Br2O4.C13H15BrO4.C10H11Br2FO2.C10H10Br2O3/c1-4-6-9(19-10(17)7-5-2)11-12(16)13(8(3)15)20-14(11)18;1-4-6-11(18-13(16)7-5-2)10-8-12(9(3)15)19-14(10)17;2*1-4-6-8(18-9(16)5-2)10-11(15)12(7(3)14)19-13(10)17;1-4-6-10(17-12(15)5-2)9-7-11(8(3)14)18-13(9)16;2*1-3-4-6(13)7-8(12)9(5(2)11)15-10(7)14/h9H,4-7H2,1-3H3;8,11H,4-7H2,1-3H3;8H,4-6H2,1-3H3;5,8H,2,4,6H2,1,3H3;5,7,10H,2,4,6H2,1,3H3;6H,3-4H2,1-2H3;3-4H2,1-2H3/b13-8-;12-9-;2*12-7-;11-8-;2*9-5-. The van der Waals surface area contributed by atoms with Crippen molar-refractivity contribution in [3.05, 3.63) is 171 Å². The summed E-state index contributed by atoms with van der Waals surface area (Å²) >= 11 is 39.2. The number of alkyl halides is 1. The van der Waals surface area contributed by atoms with Crippen LogP contribution >= 0.6 is 191 Å². The van der Waals surface area contributed by atoms with E-state index in [1.165, 1.54) is 0 Å². The zero-order chi connectivity index (χ0) is 95.7. The van der Waals surface area contributed by atoms with Crippen LogP contribution < -0.4 is 0 Å². The quantitative estimate of drug-likeness (QED) is 0.0255. The molecule has 0 aliphatic carbocycles. The van der Waals surface area contributed by atoms with Crippen LogP contribution in [0.4, 0.5) is 4.39 Å². The lowest BCUT2D eigenvalue weighted by atomic mass is 10.1. The highest BCUT2D eigenvalue weighted by Gasteiger charge is 2.42. The van der Waals surface area contributed by atoms with Gasteiger partial charge in [-0.3, -0.25) is 19.2 Å². The number of carbonyl (C=O) groups excluding carboxylic acids is 13. The van der Waals surface area contributed by atoms with E-state index in [9.17, 15) is 66.7 Å². The summed E-state index contributed by atoms with van der Waals surface area (Å²) in [6.07, 6.45) is 12.6. The number of rotatable bonds is 33. The Hall–Kier alpha value is -5.16. The number of halogens is 13. The van der Waals surface area contributed by atoms with Crippen molar-refractivity contribution in [3.63, 3.8) is 0 Å². The number of allylic oxidation sites excluding steroid dienone is 14. The molecular formula is C87H103Br12FO25. The van der Waals surface area contributed by atoms with Crippen molar-refractivity contribution >= 4 is 269 Å². The zero-order valence-electron chi connectivity index (χ0n) is 72.2. The molecule has 0 amide bonds. The van der Waals surface area contributed by atoms with E-state index >= 15 is 0 Å². The van der Waals surface area contributed by atoms with Gasteiger partial charge >= 0.3 is 71.6 Å². The summed E-state index contributed by atoms with van der Waals surface area (Å²) in [6, 6.07) is 0. The fourth-order valence-corrected chi connectivity index (χ4v) is 17.9. The van der Waals surface area contributed by atoms with Gasteiger partial charge in [0.1, 0.15) is 53.8 Å². The lowest BCUT2D eigenvalue weighted by Crippen LogP contribution is -2.23. The van der Waals surface area contributed by atoms with E-state index in [4.69, 9.17) is 56.8 Å². The predicted octanol–water partition coefficient (Wildman–Crippen LogP) is 25.7. The Labute approximate surface area is 830 Å². The van der Waals surface area contributed by atoms with Crippen LogP contribution in [-0.4, -0.2) is 114 Å². The molecule has 7 aliphatic heterocycles. The van der Waals surface area contributed by atoms with Crippen molar-refractivity contribution in [3.8, 4) is 0 Å². The Morgan fingerprint density at radius 1 is 0.336 bits per heavy atom. The van der Waals surface area contributed by atoms with Gasteiger partial charge in [0.05, 0.1) is 55.9 Å². The monoisotopic (exact) mass is 2510 g/mol. The summed E-state index contributed by atoms with van der Waals surface area (Å²) in [4.78, 5) is 151. The summed E-state index contributed by atoms with van der Waals surface area (Å²) in [5.41, 5.74) is 2.06. The maximum absolute atomic E-state index is 13.6. The van der Waals surface area contributed by atoms with Gasteiger partial charge in [-0.05, 0) is 198 Å². The lowest BCUT2D eigenvalue weighted by molar-refractivity contribution is -0.150. The Morgan fingerprint density at radius 3 is 0.872 bits per heavy atom. The summed E-state index contributed by atoms with van der Waals surface area (Å²) < 4.78 is 83.1. The van der Waals surface area contributed by atoms with Crippen LogP contribution in [0.5, 0.6) is 0 Å². The number of cyclic esters (lactones) is 7. The second-order valence-corrected chi connectivity index (χ2v) is 39.3. The molecule has 6 atom stereocenters. The van der Waals surface area contributed by atoms with Gasteiger partial charge < -0.3 is 56.8 Å². The average Bonchev–Trinajstić information content (AvgIpc) is 1.68. The molecule has 0 saturated heterocycles. The highest BCUT2D eigenvalue weighted by atomic mass is 79.9. The van der Waals surface area contributed by atoms with Crippen LogP contribution in [0.2, 0.25) is 0 Å². The number of ether oxygens (including phenoxy) is 12. The van der Waals surface area contributed by atoms with Crippen molar-refractivity contribution in [1.29, 1.82) is 0 Å². The van der Waals surface area contributed by atoms with Crippen LogP contribution in [0.3, 0.4) is 0 Å². The average molecular weight is 2530 g/mol. The minimum absolute atomic E-state index is 0.0886. The Balaban J connectivity index is 0.000000731. The fourth-order valence-electron chi connectivity index (χ4n) is 10.9. The molecule has 125 heavy (non-hydrogen) atoms. The van der Waals surface area contributed by atoms with Gasteiger partial charge in [-0.25, -0.2) is 47.5 Å². The van der Waals surface area contributed by atoms with E-state index in [-0.39, 0.29) is 41.3 Å². The van der Waals surface area contributed by atoms with Gasteiger partial charge in [-0.15, -0.1) is 0 Å². The van der Waals surface area contributed by atoms with E-state index in [2.05, 4.69) is 204 Å². The second kappa shape index (κ2) is 60.7. The minimum atomic E-state index is -1.26. The molecule has 7 aliphatic rings. The fraction of sp³-hybridized carbons (Fsp3) is 0.483. The van der Waals surface area contributed by atoms with Crippen molar-refractivity contribution in [1.82, 2.24) is 0 Å². The molecule has 692 valence electrons. The molecule has 0 radical (unpaired) electrons. The summed E-state index contributed by atoms with van der Waals surface area (Å²) in [7, 11) is 0. The minimum Gasteiger partial charge on any atom is -0.457 e. The Bertz CT molecular complexity index is 4530. The zero-order valence-corrected chi connectivity index (χ0v) is 91.3. The number of hydrogen-bond acceptors (Lipinski definition) is 25. The first kappa shape index (κ1) is 118. The van der Waals surface area contributed by atoms with Gasteiger partial charge in [0, 0.05) is 69.2 Å². The molecule has 0 saturated carbocycles. The number of Topliss-reactive ketones (excluding diaryl/α,β-unsaturated/α-hetero) is 1. The Kier molecular flexibility index (Phi) is 57.3. The van der Waals surface area contributed by atoms with Crippen molar-refractivity contribution in [2.45, 2.75) is 276 Å². The van der Waals surface area contributed by atoms with Crippen molar-refractivity contribution < 1.29 is 124 Å². The van der Waals surface area contributed by atoms with Crippen molar-refractivity contribution in [2.24, 2.45) is 0 Å².